The monoisotopic (exact) mass is 243 g/mol. The Morgan fingerprint density at radius 3 is 2.94 bits per heavy atom. The zero-order valence-corrected chi connectivity index (χ0v) is 11.0. The van der Waals surface area contributed by atoms with Crippen LogP contribution in [0.15, 0.2) is 24.5 Å². The van der Waals surface area contributed by atoms with Crippen LogP contribution in [0.2, 0.25) is 0 Å². The third-order valence-electron chi connectivity index (χ3n) is 3.57. The predicted molar refractivity (Wildman–Crippen MR) is 74.1 cm³/mol. The largest absolute Gasteiger partial charge is 0.307 e. The molecule has 0 bridgehead atoms. The van der Waals surface area contributed by atoms with Crippen LogP contribution in [0.25, 0.3) is 0 Å². The van der Waals surface area contributed by atoms with Gasteiger partial charge in [-0.15, -0.1) is 6.42 Å². The summed E-state index contributed by atoms with van der Waals surface area (Å²) in [7, 11) is 0. The van der Waals surface area contributed by atoms with Gasteiger partial charge < -0.3 is 5.32 Å². The lowest BCUT2D eigenvalue weighted by molar-refractivity contribution is 0.211. The second-order valence-electron chi connectivity index (χ2n) is 4.93. The highest BCUT2D eigenvalue weighted by atomic mass is 15.1. The third kappa shape index (κ3) is 3.56. The molecule has 1 aliphatic heterocycles. The van der Waals surface area contributed by atoms with Gasteiger partial charge in [-0.3, -0.25) is 9.88 Å². The average molecular weight is 243 g/mol. The smallest absolute Gasteiger partial charge is 0.0598 e. The Morgan fingerprint density at radius 2 is 2.33 bits per heavy atom. The van der Waals surface area contributed by atoms with Crippen LogP contribution in [0.5, 0.6) is 0 Å². The van der Waals surface area contributed by atoms with Crippen molar-refractivity contribution in [1.29, 1.82) is 0 Å². The Hall–Kier alpha value is -1.37. The summed E-state index contributed by atoms with van der Waals surface area (Å²) in [5, 5.41) is 3.68. The topological polar surface area (TPSA) is 28.2 Å². The van der Waals surface area contributed by atoms with Crippen LogP contribution in [-0.2, 0) is 0 Å². The second-order valence-corrected chi connectivity index (χ2v) is 4.93. The van der Waals surface area contributed by atoms with E-state index in [4.69, 9.17) is 6.42 Å². The van der Waals surface area contributed by atoms with E-state index in [9.17, 15) is 0 Å². The number of likely N-dealkylation sites (tertiary alicyclic amines) is 1. The molecular weight excluding hydrogens is 222 g/mol. The van der Waals surface area contributed by atoms with Gasteiger partial charge in [0, 0.05) is 37.6 Å². The van der Waals surface area contributed by atoms with Gasteiger partial charge in [0.1, 0.15) is 0 Å². The van der Waals surface area contributed by atoms with Crippen LogP contribution in [0, 0.1) is 12.3 Å². The van der Waals surface area contributed by atoms with Crippen molar-refractivity contribution in [2.45, 2.75) is 31.8 Å². The molecule has 0 unspecified atom stereocenters. The molecule has 0 saturated carbocycles. The maximum absolute atomic E-state index is 5.34. The quantitative estimate of drug-likeness (QED) is 0.818. The van der Waals surface area contributed by atoms with Crippen molar-refractivity contribution in [3.8, 4) is 12.3 Å². The summed E-state index contributed by atoms with van der Waals surface area (Å²) in [5.74, 6) is 2.72. The van der Waals surface area contributed by atoms with Crippen molar-refractivity contribution in [2.75, 3.05) is 19.6 Å². The Labute approximate surface area is 110 Å². The van der Waals surface area contributed by atoms with Crippen molar-refractivity contribution in [3.63, 3.8) is 0 Å². The molecule has 1 aliphatic rings. The average Bonchev–Trinajstić information content (AvgIpc) is 2.42. The van der Waals surface area contributed by atoms with Gasteiger partial charge in [-0.2, -0.15) is 0 Å². The number of hydrogen-bond acceptors (Lipinski definition) is 3. The molecule has 18 heavy (non-hydrogen) atoms. The second kappa shape index (κ2) is 6.53. The summed E-state index contributed by atoms with van der Waals surface area (Å²) in [6.45, 7) is 5.18. The zero-order valence-electron chi connectivity index (χ0n) is 11.0. The first-order chi connectivity index (χ1) is 8.79. The van der Waals surface area contributed by atoms with E-state index in [-0.39, 0.29) is 0 Å². The summed E-state index contributed by atoms with van der Waals surface area (Å²) in [6.07, 6.45) is 11.4. The van der Waals surface area contributed by atoms with Gasteiger partial charge in [-0.05, 0) is 31.4 Å². The van der Waals surface area contributed by atoms with Crippen LogP contribution in [0.3, 0.4) is 0 Å². The number of nitrogens with zero attached hydrogens (tertiary/aromatic N) is 2. The third-order valence-corrected chi connectivity index (χ3v) is 3.57. The number of pyridine rings is 1. The minimum Gasteiger partial charge on any atom is -0.307 e. The van der Waals surface area contributed by atoms with Gasteiger partial charge in [-0.1, -0.05) is 12.0 Å². The molecule has 3 heteroatoms. The number of terminal acetylenes is 1. The van der Waals surface area contributed by atoms with Gasteiger partial charge in [0.25, 0.3) is 0 Å². The number of nitrogens with one attached hydrogen (secondary N) is 1. The van der Waals surface area contributed by atoms with E-state index in [1.807, 2.05) is 18.5 Å². The summed E-state index contributed by atoms with van der Waals surface area (Å²) >= 11 is 0. The summed E-state index contributed by atoms with van der Waals surface area (Å²) in [4.78, 5) is 6.51. The van der Waals surface area contributed by atoms with Gasteiger partial charge >= 0.3 is 0 Å². The lowest BCUT2D eigenvalue weighted by atomic mass is 10.0. The fourth-order valence-corrected chi connectivity index (χ4v) is 2.47. The molecule has 1 aromatic rings. The van der Waals surface area contributed by atoms with Gasteiger partial charge in [-0.25, -0.2) is 0 Å². The minimum atomic E-state index is 0.364. The molecule has 1 aromatic heterocycles. The molecule has 2 heterocycles. The normalized spacial score (nSPS) is 19.3. The molecule has 2 rings (SSSR count). The summed E-state index contributed by atoms with van der Waals surface area (Å²) in [6, 6.07) is 5.07. The maximum atomic E-state index is 5.34. The molecule has 0 aromatic carbocycles. The first-order valence-electron chi connectivity index (χ1n) is 6.61. The molecule has 0 spiro atoms. The zero-order chi connectivity index (χ0) is 12.8. The maximum Gasteiger partial charge on any atom is 0.0598 e. The van der Waals surface area contributed by atoms with Crippen molar-refractivity contribution < 1.29 is 0 Å². The lowest BCUT2D eigenvalue weighted by Gasteiger charge is -2.32. The molecule has 1 N–H and O–H groups in total. The van der Waals surface area contributed by atoms with E-state index >= 15 is 0 Å². The molecular formula is C15H21N3. The number of aromatic nitrogens is 1. The van der Waals surface area contributed by atoms with Crippen LogP contribution >= 0.6 is 0 Å². The fraction of sp³-hybridized carbons (Fsp3) is 0.533. The predicted octanol–water partition coefficient (Wildman–Crippen LogP) is 1.83. The van der Waals surface area contributed by atoms with Crippen molar-refractivity contribution in [1.82, 2.24) is 15.2 Å². The Bertz CT molecular complexity index is 388. The lowest BCUT2D eigenvalue weighted by Crippen LogP contribution is -2.43. The highest BCUT2D eigenvalue weighted by Crippen LogP contribution is 2.16. The van der Waals surface area contributed by atoms with E-state index in [1.54, 1.807) is 0 Å². The first-order valence-corrected chi connectivity index (χ1v) is 6.61. The van der Waals surface area contributed by atoms with Crippen LogP contribution < -0.4 is 5.32 Å². The van der Waals surface area contributed by atoms with E-state index in [1.165, 1.54) is 18.4 Å². The Kier molecular flexibility index (Phi) is 4.74. The van der Waals surface area contributed by atoms with E-state index < -0.39 is 0 Å². The number of rotatable bonds is 4. The Balaban J connectivity index is 1.80. The van der Waals surface area contributed by atoms with Crippen LogP contribution in [0.1, 0.15) is 31.4 Å². The molecule has 1 atom stereocenters. The van der Waals surface area contributed by atoms with Crippen molar-refractivity contribution >= 4 is 0 Å². The fourth-order valence-electron chi connectivity index (χ4n) is 2.47. The molecule has 1 fully saturated rings. The summed E-state index contributed by atoms with van der Waals surface area (Å²) in [5.41, 5.74) is 1.25. The molecule has 3 nitrogen and oxygen atoms in total. The standard InChI is InChI=1S/C15H21N3/c1-3-9-18-10-6-15(7-11-18)17-13(2)14-5-4-8-16-12-14/h1,4-5,8,12-13,15,17H,6-7,9-11H2,2H3/t13-/m0/s1. The number of hydrogen-bond donors (Lipinski definition) is 1. The van der Waals surface area contributed by atoms with Crippen LogP contribution in [0.4, 0.5) is 0 Å². The van der Waals surface area contributed by atoms with Crippen molar-refractivity contribution in [3.05, 3.63) is 30.1 Å². The summed E-state index contributed by atoms with van der Waals surface area (Å²) < 4.78 is 0. The van der Waals surface area contributed by atoms with Gasteiger partial charge in [0.15, 0.2) is 0 Å². The molecule has 96 valence electrons. The Morgan fingerprint density at radius 1 is 1.56 bits per heavy atom. The van der Waals surface area contributed by atoms with Crippen LogP contribution in [-0.4, -0.2) is 35.6 Å². The highest BCUT2D eigenvalue weighted by Gasteiger charge is 2.20. The highest BCUT2D eigenvalue weighted by molar-refractivity contribution is 5.13. The van der Waals surface area contributed by atoms with E-state index in [2.05, 4.69) is 34.1 Å². The van der Waals surface area contributed by atoms with Gasteiger partial charge in [0.05, 0.1) is 6.54 Å². The number of piperidine rings is 1. The molecule has 0 amide bonds. The van der Waals surface area contributed by atoms with Crippen molar-refractivity contribution in [2.24, 2.45) is 0 Å². The first kappa shape index (κ1) is 13.1. The van der Waals surface area contributed by atoms with E-state index in [0.717, 1.165) is 19.6 Å². The SMILES string of the molecule is C#CCN1CCC(N[C@@H](C)c2cccnc2)CC1. The van der Waals surface area contributed by atoms with E-state index in [0.29, 0.717) is 12.1 Å². The molecule has 0 radical (unpaired) electrons. The minimum absolute atomic E-state index is 0.364. The molecule has 0 aliphatic carbocycles. The van der Waals surface area contributed by atoms with Gasteiger partial charge in [0.2, 0.25) is 0 Å². The molecule has 1 saturated heterocycles.